The number of benzene rings is 1. The van der Waals surface area contributed by atoms with Gasteiger partial charge >= 0.3 is 0 Å². The lowest BCUT2D eigenvalue weighted by Crippen LogP contribution is -2.30. The molecule has 1 unspecified atom stereocenters. The summed E-state index contributed by atoms with van der Waals surface area (Å²) in [5.74, 6) is 5.22. The number of rotatable bonds is 9. The molecule has 0 saturated carbocycles. The number of likely N-dealkylation sites (N-methyl/N-ethyl adjacent to an activating group) is 1. The lowest BCUT2D eigenvalue weighted by Gasteiger charge is -2.17. The number of nitrogens with two attached hydrogens (primary N) is 4. The van der Waals surface area contributed by atoms with Crippen LogP contribution < -0.4 is 38.0 Å². The Morgan fingerprint density at radius 1 is 1.24 bits per heavy atom. The molecule has 0 spiro atoms. The Balaban J connectivity index is 2.79. The number of hydrazine groups is 1. The number of hydrogen-bond acceptors (Lipinski definition) is 9. The second-order valence-electron chi connectivity index (χ2n) is 5.72. The average molecular weight is 442 g/mol. The zero-order chi connectivity index (χ0) is 21.6. The largest absolute Gasteiger partial charge is 0.384 e. The van der Waals surface area contributed by atoms with Crippen LogP contribution in [0.1, 0.15) is 5.56 Å². The van der Waals surface area contributed by atoms with E-state index in [4.69, 9.17) is 22.4 Å². The second kappa shape index (κ2) is 9.73. The Morgan fingerprint density at radius 3 is 2.52 bits per heavy atom. The minimum Gasteiger partial charge on any atom is -0.384 e. The number of pyridine rings is 1. The smallest absolute Gasteiger partial charge is 0.240 e. The van der Waals surface area contributed by atoms with Crippen LogP contribution in [-0.4, -0.2) is 43.6 Å². The van der Waals surface area contributed by atoms with Crippen molar-refractivity contribution in [2.75, 3.05) is 25.9 Å². The van der Waals surface area contributed by atoms with Gasteiger partial charge in [-0.3, -0.25) is 0 Å². The Morgan fingerprint density at radius 2 is 1.97 bits per heavy atom. The fourth-order valence-corrected chi connectivity index (χ4v) is 4.85. The number of nitrogens with one attached hydrogen (secondary N) is 3. The summed E-state index contributed by atoms with van der Waals surface area (Å²) in [5.41, 5.74) is 14.4. The minimum absolute atomic E-state index is 0.0571. The van der Waals surface area contributed by atoms with Crippen LogP contribution in [0.2, 0.25) is 0 Å². The molecule has 0 bridgehead atoms. The van der Waals surface area contributed by atoms with Crippen LogP contribution in [-0.2, 0) is 21.0 Å². The van der Waals surface area contributed by atoms with Crippen LogP contribution in [0.3, 0.4) is 0 Å². The van der Waals surface area contributed by atoms with Crippen molar-refractivity contribution >= 4 is 32.7 Å². The molecule has 0 amide bonds. The molecular weight excluding hydrogens is 418 g/mol. The SMILES string of the molecule is CNCCNS(=O)c1ccc(-c2ccc(N)nc2)c(/C(N)=N/NN)c1S(N)(=O)=O. The van der Waals surface area contributed by atoms with Crippen molar-refractivity contribution in [3.05, 3.63) is 36.0 Å². The van der Waals surface area contributed by atoms with E-state index in [1.807, 2.05) is 5.53 Å². The molecule has 0 fully saturated rings. The standard InChI is InChI=1S/C15H23N9O3S2/c1-20-6-7-22-28(25)11-4-3-10(9-2-5-12(16)21-8-9)13(15(17)23-24-18)14(11)29(19,26)27/h2-5,8,20,22,24H,6-7,18H2,1H3,(H2,16,21)(H2,17,23)(H2,19,26,27). The molecule has 1 heterocycles. The molecule has 1 aromatic heterocycles. The van der Waals surface area contributed by atoms with Gasteiger partial charge < -0.3 is 16.8 Å². The van der Waals surface area contributed by atoms with Crippen molar-refractivity contribution in [3.8, 4) is 11.1 Å². The summed E-state index contributed by atoms with van der Waals surface area (Å²) in [6, 6.07) is 6.10. The number of sulfonamides is 1. The van der Waals surface area contributed by atoms with Crippen LogP contribution in [0.25, 0.3) is 11.1 Å². The first kappa shape index (κ1) is 22.7. The maximum Gasteiger partial charge on any atom is 0.240 e. The normalized spacial score (nSPS) is 13.3. The van der Waals surface area contributed by atoms with E-state index >= 15 is 0 Å². The van der Waals surface area contributed by atoms with Crippen molar-refractivity contribution in [1.82, 2.24) is 20.6 Å². The molecule has 1 aromatic carbocycles. The van der Waals surface area contributed by atoms with Crippen LogP contribution >= 0.6 is 0 Å². The van der Waals surface area contributed by atoms with E-state index in [0.717, 1.165) is 0 Å². The Kier molecular flexibility index (Phi) is 7.60. The Hall–Kier alpha value is -2.62. The van der Waals surface area contributed by atoms with Crippen molar-refractivity contribution < 1.29 is 12.6 Å². The van der Waals surface area contributed by atoms with Crippen LogP contribution in [0.4, 0.5) is 5.82 Å². The molecule has 2 rings (SSSR count). The van der Waals surface area contributed by atoms with Gasteiger partial charge in [0.2, 0.25) is 10.0 Å². The van der Waals surface area contributed by atoms with Crippen molar-refractivity contribution in [1.29, 1.82) is 0 Å². The van der Waals surface area contributed by atoms with E-state index in [1.54, 1.807) is 19.2 Å². The molecule has 14 heteroatoms. The summed E-state index contributed by atoms with van der Waals surface area (Å²) in [5, 5.41) is 12.0. The summed E-state index contributed by atoms with van der Waals surface area (Å²) in [6.45, 7) is 0.833. The molecule has 0 aliphatic rings. The zero-order valence-electron chi connectivity index (χ0n) is 15.5. The monoisotopic (exact) mass is 441 g/mol. The first-order valence-corrected chi connectivity index (χ1v) is 10.9. The van der Waals surface area contributed by atoms with E-state index in [0.29, 0.717) is 24.2 Å². The molecule has 0 aliphatic heterocycles. The van der Waals surface area contributed by atoms with Gasteiger partial charge in [-0.2, -0.15) is 0 Å². The first-order chi connectivity index (χ1) is 13.7. The van der Waals surface area contributed by atoms with E-state index in [9.17, 15) is 12.6 Å². The van der Waals surface area contributed by atoms with Gasteiger partial charge in [0.1, 0.15) is 21.7 Å². The Bertz CT molecular complexity index is 1020. The maximum absolute atomic E-state index is 12.7. The van der Waals surface area contributed by atoms with Gasteiger partial charge in [-0.15, -0.1) is 5.10 Å². The molecule has 0 radical (unpaired) electrons. The van der Waals surface area contributed by atoms with Gasteiger partial charge in [0, 0.05) is 30.4 Å². The Labute approximate surface area is 170 Å². The quantitative estimate of drug-likeness (QED) is 0.0743. The van der Waals surface area contributed by atoms with E-state index in [-0.39, 0.29) is 22.1 Å². The van der Waals surface area contributed by atoms with Gasteiger partial charge in [0.25, 0.3) is 0 Å². The lowest BCUT2D eigenvalue weighted by atomic mass is 10.0. The fraction of sp³-hybridized carbons (Fsp3) is 0.200. The predicted octanol–water partition coefficient (Wildman–Crippen LogP) is -2.11. The molecule has 29 heavy (non-hydrogen) atoms. The maximum atomic E-state index is 12.7. The van der Waals surface area contributed by atoms with Crippen LogP contribution in [0.15, 0.2) is 45.4 Å². The molecule has 0 saturated heterocycles. The lowest BCUT2D eigenvalue weighted by molar-refractivity contribution is 0.594. The number of amidine groups is 1. The summed E-state index contributed by atoms with van der Waals surface area (Å²) in [6.07, 6.45) is 1.44. The summed E-state index contributed by atoms with van der Waals surface area (Å²) >= 11 is 0. The fourth-order valence-electron chi connectivity index (χ4n) is 2.52. The third-order valence-corrected chi connectivity index (χ3v) is 6.08. The number of anilines is 1. The second-order valence-corrected chi connectivity index (χ2v) is 8.49. The first-order valence-electron chi connectivity index (χ1n) is 8.21. The van der Waals surface area contributed by atoms with E-state index in [2.05, 4.69) is 20.1 Å². The molecule has 12 nitrogen and oxygen atoms in total. The molecule has 0 aliphatic carbocycles. The summed E-state index contributed by atoms with van der Waals surface area (Å²) in [4.78, 5) is 3.50. The predicted molar refractivity (Wildman–Crippen MR) is 112 cm³/mol. The van der Waals surface area contributed by atoms with Gasteiger partial charge in [0.05, 0.1) is 4.90 Å². The number of aromatic nitrogens is 1. The topological polar surface area (TPSA) is 217 Å². The molecular formula is C15H23N9O3S2. The summed E-state index contributed by atoms with van der Waals surface area (Å²) < 4.78 is 40.4. The van der Waals surface area contributed by atoms with Crippen LogP contribution in [0, 0.1) is 0 Å². The molecule has 1 atom stereocenters. The van der Waals surface area contributed by atoms with Gasteiger partial charge in [-0.05, 0) is 30.8 Å². The number of hydrazone groups is 1. The van der Waals surface area contributed by atoms with Gasteiger partial charge in [-0.25, -0.2) is 38.8 Å². The highest BCUT2D eigenvalue weighted by Gasteiger charge is 2.28. The molecule has 11 N–H and O–H groups in total. The van der Waals surface area contributed by atoms with E-state index < -0.39 is 25.9 Å². The van der Waals surface area contributed by atoms with Gasteiger partial charge in [0.15, 0.2) is 5.84 Å². The van der Waals surface area contributed by atoms with E-state index in [1.165, 1.54) is 18.3 Å². The highest BCUT2D eigenvalue weighted by Crippen LogP contribution is 2.32. The highest BCUT2D eigenvalue weighted by atomic mass is 32.2. The molecule has 2 aromatic rings. The van der Waals surface area contributed by atoms with Gasteiger partial charge in [-0.1, -0.05) is 6.07 Å². The zero-order valence-corrected chi connectivity index (χ0v) is 17.2. The van der Waals surface area contributed by atoms with Crippen molar-refractivity contribution in [3.63, 3.8) is 0 Å². The minimum atomic E-state index is -4.36. The third-order valence-electron chi connectivity index (χ3n) is 3.75. The van der Waals surface area contributed by atoms with Crippen molar-refractivity contribution in [2.45, 2.75) is 9.79 Å². The third kappa shape index (κ3) is 5.47. The highest BCUT2D eigenvalue weighted by molar-refractivity contribution is 7.90. The number of primary sulfonamides is 1. The average Bonchev–Trinajstić information content (AvgIpc) is 2.67. The summed E-state index contributed by atoms with van der Waals surface area (Å²) in [7, 11) is -4.53. The molecule has 158 valence electrons. The van der Waals surface area contributed by atoms with Crippen LogP contribution in [0.5, 0.6) is 0 Å². The number of nitrogen functional groups attached to an aromatic ring is 1. The number of hydrogen-bond donors (Lipinski definition) is 7. The number of nitrogens with zero attached hydrogens (tertiary/aromatic N) is 2. The van der Waals surface area contributed by atoms with Crippen molar-refractivity contribution in [2.24, 2.45) is 21.8 Å².